The molecular weight excluding hydrogens is 264 g/mol. The number of nitrogens with two attached hydrogens (primary N) is 1. The van der Waals surface area contributed by atoms with E-state index in [1.165, 1.54) is 0 Å². The molecule has 1 unspecified atom stereocenters. The standard InChI is InChI=1S/C17H28N2O2/c1-5-19-17(4,16(18)20)11-6-7-12-21-15-13(2)9-8-10-14(15)3/h8-10,19H,5-7,11-12H2,1-4H3,(H2,18,20). The van der Waals surface area contributed by atoms with Crippen molar-refractivity contribution in [3.63, 3.8) is 0 Å². The highest BCUT2D eigenvalue weighted by Crippen LogP contribution is 2.22. The maximum absolute atomic E-state index is 11.5. The minimum absolute atomic E-state index is 0.292. The van der Waals surface area contributed by atoms with Crippen LogP contribution in [0.5, 0.6) is 5.75 Å². The van der Waals surface area contributed by atoms with Gasteiger partial charge in [-0.05, 0) is 57.7 Å². The van der Waals surface area contributed by atoms with Crippen LogP contribution < -0.4 is 15.8 Å². The van der Waals surface area contributed by atoms with Crippen LogP contribution in [0.15, 0.2) is 18.2 Å². The number of aryl methyl sites for hydroxylation is 2. The van der Waals surface area contributed by atoms with Crippen molar-refractivity contribution < 1.29 is 9.53 Å². The minimum atomic E-state index is -0.618. The molecule has 0 bridgehead atoms. The van der Waals surface area contributed by atoms with Crippen molar-refractivity contribution in [2.24, 2.45) is 5.73 Å². The highest BCUT2D eigenvalue weighted by Gasteiger charge is 2.28. The Balaban J connectivity index is 2.39. The van der Waals surface area contributed by atoms with Crippen LogP contribution in [0.1, 0.15) is 44.2 Å². The summed E-state index contributed by atoms with van der Waals surface area (Å²) >= 11 is 0. The Hall–Kier alpha value is -1.55. The number of benzene rings is 1. The maximum atomic E-state index is 11.5. The van der Waals surface area contributed by atoms with E-state index in [0.29, 0.717) is 6.61 Å². The highest BCUT2D eigenvalue weighted by molar-refractivity contribution is 5.84. The van der Waals surface area contributed by atoms with Gasteiger partial charge in [0.05, 0.1) is 12.1 Å². The van der Waals surface area contributed by atoms with Crippen molar-refractivity contribution in [1.29, 1.82) is 0 Å². The average Bonchev–Trinajstić information content (AvgIpc) is 2.41. The number of primary amides is 1. The van der Waals surface area contributed by atoms with Crippen molar-refractivity contribution in [2.45, 2.75) is 52.5 Å². The predicted molar refractivity (Wildman–Crippen MR) is 86.5 cm³/mol. The molecule has 1 rings (SSSR count). The zero-order valence-corrected chi connectivity index (χ0v) is 13.7. The summed E-state index contributed by atoms with van der Waals surface area (Å²) in [5.74, 6) is 0.682. The van der Waals surface area contributed by atoms with Gasteiger partial charge in [-0.25, -0.2) is 0 Å². The molecule has 0 fully saturated rings. The van der Waals surface area contributed by atoms with Gasteiger partial charge in [-0.3, -0.25) is 4.79 Å². The SMILES string of the molecule is CCNC(C)(CCCCOc1c(C)cccc1C)C(N)=O. The van der Waals surface area contributed by atoms with Crippen molar-refractivity contribution in [3.8, 4) is 5.75 Å². The summed E-state index contributed by atoms with van der Waals surface area (Å²) in [6, 6.07) is 6.14. The lowest BCUT2D eigenvalue weighted by molar-refractivity contribution is -0.124. The summed E-state index contributed by atoms with van der Waals surface area (Å²) in [5, 5.41) is 3.17. The van der Waals surface area contributed by atoms with E-state index in [0.717, 1.165) is 42.7 Å². The smallest absolute Gasteiger partial charge is 0.237 e. The van der Waals surface area contributed by atoms with Crippen molar-refractivity contribution >= 4 is 5.91 Å². The number of hydrogen-bond acceptors (Lipinski definition) is 3. The summed E-state index contributed by atoms with van der Waals surface area (Å²) in [5.41, 5.74) is 7.17. The van der Waals surface area contributed by atoms with E-state index in [4.69, 9.17) is 10.5 Å². The van der Waals surface area contributed by atoms with E-state index in [1.54, 1.807) is 0 Å². The van der Waals surface area contributed by atoms with Crippen molar-refractivity contribution in [3.05, 3.63) is 29.3 Å². The number of likely N-dealkylation sites (N-methyl/N-ethyl adjacent to an activating group) is 1. The van der Waals surface area contributed by atoms with Gasteiger partial charge in [0.15, 0.2) is 0 Å². The van der Waals surface area contributed by atoms with Crippen LogP contribution in [0.25, 0.3) is 0 Å². The normalized spacial score (nSPS) is 13.7. The molecule has 0 saturated heterocycles. The number of rotatable bonds is 9. The second-order valence-corrected chi connectivity index (χ2v) is 5.75. The number of ether oxygens (including phenoxy) is 1. The van der Waals surface area contributed by atoms with Crippen molar-refractivity contribution in [2.75, 3.05) is 13.2 Å². The van der Waals surface area contributed by atoms with E-state index < -0.39 is 5.54 Å². The Morgan fingerprint density at radius 3 is 2.43 bits per heavy atom. The molecule has 118 valence electrons. The van der Waals surface area contributed by atoms with Gasteiger partial charge in [0.2, 0.25) is 5.91 Å². The second kappa shape index (κ2) is 8.03. The van der Waals surface area contributed by atoms with Crippen LogP contribution in [0.3, 0.4) is 0 Å². The highest BCUT2D eigenvalue weighted by atomic mass is 16.5. The minimum Gasteiger partial charge on any atom is -0.493 e. The molecular formula is C17H28N2O2. The molecule has 1 amide bonds. The molecule has 0 spiro atoms. The van der Waals surface area contributed by atoms with Gasteiger partial charge in [-0.2, -0.15) is 0 Å². The molecule has 4 heteroatoms. The van der Waals surface area contributed by atoms with E-state index >= 15 is 0 Å². The van der Waals surface area contributed by atoms with Gasteiger partial charge in [0.1, 0.15) is 5.75 Å². The summed E-state index contributed by atoms with van der Waals surface area (Å²) < 4.78 is 5.87. The molecule has 1 aromatic carbocycles. The molecule has 0 heterocycles. The van der Waals surface area contributed by atoms with Crippen LogP contribution in [0.4, 0.5) is 0 Å². The molecule has 1 aromatic rings. The molecule has 1 atom stereocenters. The van der Waals surface area contributed by atoms with Gasteiger partial charge in [0.25, 0.3) is 0 Å². The Labute approximate surface area is 128 Å². The molecule has 0 radical (unpaired) electrons. The van der Waals surface area contributed by atoms with E-state index in [9.17, 15) is 4.79 Å². The van der Waals surface area contributed by atoms with Gasteiger partial charge < -0.3 is 15.8 Å². The van der Waals surface area contributed by atoms with Crippen LogP contribution in [-0.2, 0) is 4.79 Å². The fourth-order valence-corrected chi connectivity index (χ4v) is 2.47. The maximum Gasteiger partial charge on any atom is 0.237 e. The van der Waals surface area contributed by atoms with Gasteiger partial charge >= 0.3 is 0 Å². The largest absolute Gasteiger partial charge is 0.493 e. The first-order valence-corrected chi connectivity index (χ1v) is 7.64. The van der Waals surface area contributed by atoms with Crippen molar-refractivity contribution in [1.82, 2.24) is 5.32 Å². The zero-order valence-electron chi connectivity index (χ0n) is 13.7. The summed E-state index contributed by atoms with van der Waals surface area (Å²) in [4.78, 5) is 11.5. The van der Waals surface area contributed by atoms with E-state index in [1.807, 2.05) is 19.9 Å². The Kier molecular flexibility index (Phi) is 6.69. The van der Waals surface area contributed by atoms with Crippen LogP contribution in [0, 0.1) is 13.8 Å². The van der Waals surface area contributed by atoms with Crippen LogP contribution in [0.2, 0.25) is 0 Å². The predicted octanol–water partition coefficient (Wildman–Crippen LogP) is 2.71. The molecule has 0 aliphatic heterocycles. The number of carbonyl (C=O) groups excluding carboxylic acids is 1. The van der Waals surface area contributed by atoms with E-state index in [-0.39, 0.29) is 5.91 Å². The third kappa shape index (κ3) is 5.05. The third-order valence-electron chi connectivity index (χ3n) is 3.84. The molecule has 0 aliphatic carbocycles. The quantitative estimate of drug-likeness (QED) is 0.688. The van der Waals surface area contributed by atoms with E-state index in [2.05, 4.69) is 31.3 Å². The molecule has 0 aliphatic rings. The lowest BCUT2D eigenvalue weighted by Crippen LogP contribution is -2.53. The zero-order chi connectivity index (χ0) is 15.9. The Bertz CT molecular complexity index is 454. The molecule has 0 saturated carbocycles. The lowest BCUT2D eigenvalue weighted by Gasteiger charge is -2.27. The van der Waals surface area contributed by atoms with Gasteiger partial charge in [-0.15, -0.1) is 0 Å². The van der Waals surface area contributed by atoms with Crippen LogP contribution >= 0.6 is 0 Å². The molecule has 3 N–H and O–H groups in total. The van der Waals surface area contributed by atoms with Gasteiger partial charge in [-0.1, -0.05) is 25.1 Å². The topological polar surface area (TPSA) is 64.3 Å². The first kappa shape index (κ1) is 17.5. The Morgan fingerprint density at radius 2 is 1.90 bits per heavy atom. The monoisotopic (exact) mass is 292 g/mol. The fraction of sp³-hybridized carbons (Fsp3) is 0.588. The second-order valence-electron chi connectivity index (χ2n) is 5.75. The first-order valence-electron chi connectivity index (χ1n) is 7.64. The summed E-state index contributed by atoms with van der Waals surface area (Å²) in [6.45, 7) is 9.34. The molecule has 4 nitrogen and oxygen atoms in total. The average molecular weight is 292 g/mol. The van der Waals surface area contributed by atoms with Gasteiger partial charge in [0, 0.05) is 0 Å². The Morgan fingerprint density at radius 1 is 1.29 bits per heavy atom. The number of carbonyl (C=O) groups is 1. The lowest BCUT2D eigenvalue weighted by atomic mass is 9.94. The number of amides is 1. The number of para-hydroxylation sites is 1. The number of nitrogens with one attached hydrogen (secondary N) is 1. The fourth-order valence-electron chi connectivity index (χ4n) is 2.47. The summed E-state index contributed by atoms with van der Waals surface area (Å²) in [7, 11) is 0. The van der Waals surface area contributed by atoms with Crippen LogP contribution in [-0.4, -0.2) is 24.6 Å². The molecule has 21 heavy (non-hydrogen) atoms. The number of unbranched alkanes of at least 4 members (excludes halogenated alkanes) is 1. The number of hydrogen-bond donors (Lipinski definition) is 2. The molecule has 0 aromatic heterocycles. The third-order valence-corrected chi connectivity index (χ3v) is 3.84. The summed E-state index contributed by atoms with van der Waals surface area (Å²) in [6.07, 6.45) is 2.53. The first-order chi connectivity index (χ1) is 9.90.